The molecule has 3 heteroatoms. The van der Waals surface area contributed by atoms with Gasteiger partial charge < -0.3 is 0 Å². The molecule has 0 heterocycles. The summed E-state index contributed by atoms with van der Waals surface area (Å²) < 4.78 is 0. The van der Waals surface area contributed by atoms with E-state index in [0.717, 1.165) is 5.56 Å². The van der Waals surface area contributed by atoms with Crippen molar-refractivity contribution in [1.82, 2.24) is 0 Å². The molecule has 1 rings (SSSR count). The van der Waals surface area contributed by atoms with E-state index in [1.807, 2.05) is 12.1 Å². The molecule has 1 aromatic rings. The van der Waals surface area contributed by atoms with E-state index < -0.39 is 5.92 Å². The quantitative estimate of drug-likeness (QED) is 0.762. The largest absolute Gasteiger partial charge is 0.294 e. The molecule has 1 aromatic carbocycles. The standard InChI is InChI=1S/C15H16N2O/c1-15(2,3)13-6-4-12(5-7-13)14(18)8-11(9-16)10-17/h4-7,11H,8H2,1-3H3. The zero-order chi connectivity index (χ0) is 13.8. The van der Waals surface area contributed by atoms with Crippen LogP contribution in [0.25, 0.3) is 0 Å². The van der Waals surface area contributed by atoms with Crippen LogP contribution < -0.4 is 0 Å². The topological polar surface area (TPSA) is 64.7 Å². The van der Waals surface area contributed by atoms with Crippen molar-refractivity contribution in [3.8, 4) is 12.1 Å². The van der Waals surface area contributed by atoms with E-state index in [-0.39, 0.29) is 17.6 Å². The second kappa shape index (κ2) is 5.47. The fourth-order valence-electron chi connectivity index (χ4n) is 1.58. The molecule has 3 nitrogen and oxygen atoms in total. The van der Waals surface area contributed by atoms with Crippen molar-refractivity contribution < 1.29 is 4.79 Å². The first-order valence-corrected chi connectivity index (χ1v) is 5.81. The van der Waals surface area contributed by atoms with Gasteiger partial charge in [-0.05, 0) is 11.0 Å². The van der Waals surface area contributed by atoms with Crippen molar-refractivity contribution >= 4 is 5.78 Å². The Morgan fingerprint density at radius 3 is 2.06 bits per heavy atom. The van der Waals surface area contributed by atoms with Crippen molar-refractivity contribution in [2.75, 3.05) is 0 Å². The molecule has 0 fully saturated rings. The lowest BCUT2D eigenvalue weighted by atomic mass is 9.86. The van der Waals surface area contributed by atoms with E-state index in [9.17, 15) is 4.79 Å². The molecule has 0 aromatic heterocycles. The molecule has 0 amide bonds. The normalized spacial score (nSPS) is 10.8. The summed E-state index contributed by atoms with van der Waals surface area (Å²) in [6.07, 6.45) is -0.0398. The number of rotatable bonds is 3. The Labute approximate surface area is 108 Å². The van der Waals surface area contributed by atoms with E-state index in [1.165, 1.54) is 0 Å². The third kappa shape index (κ3) is 3.43. The lowest BCUT2D eigenvalue weighted by Gasteiger charge is -2.18. The summed E-state index contributed by atoms with van der Waals surface area (Å²) in [4.78, 5) is 11.8. The maximum Gasteiger partial charge on any atom is 0.165 e. The fourth-order valence-corrected chi connectivity index (χ4v) is 1.58. The molecule has 0 radical (unpaired) electrons. The van der Waals surface area contributed by atoms with Crippen LogP contribution in [0.1, 0.15) is 43.1 Å². The number of carbonyl (C=O) groups excluding carboxylic acids is 1. The molecule has 0 saturated heterocycles. The first kappa shape index (κ1) is 13.9. The van der Waals surface area contributed by atoms with Gasteiger partial charge in [-0.3, -0.25) is 4.79 Å². The summed E-state index contributed by atoms with van der Waals surface area (Å²) >= 11 is 0. The Balaban J connectivity index is 2.84. The third-order valence-electron chi connectivity index (χ3n) is 2.77. The molecular formula is C15H16N2O. The predicted molar refractivity (Wildman–Crippen MR) is 68.8 cm³/mol. The average Bonchev–Trinajstić information content (AvgIpc) is 2.34. The van der Waals surface area contributed by atoms with Crippen LogP contribution in [0.15, 0.2) is 24.3 Å². The van der Waals surface area contributed by atoms with Gasteiger partial charge in [0.1, 0.15) is 5.92 Å². The molecule has 0 spiro atoms. The first-order valence-electron chi connectivity index (χ1n) is 5.81. The van der Waals surface area contributed by atoms with E-state index in [4.69, 9.17) is 10.5 Å². The summed E-state index contributed by atoms with van der Waals surface area (Å²) in [5, 5.41) is 17.3. The zero-order valence-corrected chi connectivity index (χ0v) is 10.9. The van der Waals surface area contributed by atoms with E-state index in [2.05, 4.69) is 20.8 Å². The molecule has 18 heavy (non-hydrogen) atoms. The number of nitrogens with zero attached hydrogens (tertiary/aromatic N) is 2. The number of Topliss-reactive ketones (excluding diaryl/α,β-unsaturated/α-hetero) is 1. The molecule has 92 valence electrons. The highest BCUT2D eigenvalue weighted by molar-refractivity contribution is 5.96. The van der Waals surface area contributed by atoms with Crippen LogP contribution in [0.3, 0.4) is 0 Å². The number of benzene rings is 1. The summed E-state index contributed by atoms with van der Waals surface area (Å²) in [7, 11) is 0. The minimum Gasteiger partial charge on any atom is -0.294 e. The van der Waals surface area contributed by atoms with Crippen LogP contribution >= 0.6 is 0 Å². The minimum absolute atomic E-state index is 0.0398. The molecule has 0 aliphatic carbocycles. The highest BCUT2D eigenvalue weighted by atomic mass is 16.1. The number of hydrogen-bond donors (Lipinski definition) is 0. The molecule has 0 aliphatic heterocycles. The van der Waals surface area contributed by atoms with Gasteiger partial charge in [-0.25, -0.2) is 0 Å². The minimum atomic E-state index is -0.861. The second-order valence-corrected chi connectivity index (χ2v) is 5.27. The summed E-state index contributed by atoms with van der Waals surface area (Å²) in [5.74, 6) is -1.02. The average molecular weight is 240 g/mol. The van der Waals surface area contributed by atoms with Crippen LogP contribution in [-0.2, 0) is 5.41 Å². The van der Waals surface area contributed by atoms with Gasteiger partial charge in [0.2, 0.25) is 0 Å². The molecule has 0 aliphatic rings. The lowest BCUT2D eigenvalue weighted by Crippen LogP contribution is -2.11. The van der Waals surface area contributed by atoms with Gasteiger partial charge in [0.25, 0.3) is 0 Å². The van der Waals surface area contributed by atoms with E-state index in [1.54, 1.807) is 24.3 Å². The number of nitriles is 2. The van der Waals surface area contributed by atoms with Crippen LogP contribution in [0.4, 0.5) is 0 Å². The highest BCUT2D eigenvalue weighted by Gasteiger charge is 2.16. The monoisotopic (exact) mass is 240 g/mol. The molecule has 0 unspecified atom stereocenters. The van der Waals surface area contributed by atoms with Gasteiger partial charge in [0.05, 0.1) is 12.1 Å². The maximum absolute atomic E-state index is 11.8. The van der Waals surface area contributed by atoms with Crippen molar-refractivity contribution in [2.45, 2.75) is 32.6 Å². The van der Waals surface area contributed by atoms with Gasteiger partial charge in [-0.2, -0.15) is 10.5 Å². The van der Waals surface area contributed by atoms with Crippen LogP contribution in [0.5, 0.6) is 0 Å². The number of carbonyl (C=O) groups is 1. The molecular weight excluding hydrogens is 224 g/mol. The summed E-state index contributed by atoms with van der Waals surface area (Å²) in [5.41, 5.74) is 1.75. The maximum atomic E-state index is 11.8. The first-order chi connectivity index (χ1) is 8.38. The SMILES string of the molecule is CC(C)(C)c1ccc(C(=O)CC(C#N)C#N)cc1. The van der Waals surface area contributed by atoms with Crippen LogP contribution in [0.2, 0.25) is 0 Å². The lowest BCUT2D eigenvalue weighted by molar-refractivity contribution is 0.0976. The van der Waals surface area contributed by atoms with Crippen molar-refractivity contribution in [2.24, 2.45) is 5.92 Å². The third-order valence-corrected chi connectivity index (χ3v) is 2.77. The van der Waals surface area contributed by atoms with Gasteiger partial charge in [0.15, 0.2) is 5.78 Å². The van der Waals surface area contributed by atoms with E-state index in [0.29, 0.717) is 5.56 Å². The number of ketones is 1. The predicted octanol–water partition coefficient (Wildman–Crippen LogP) is 3.22. The zero-order valence-electron chi connectivity index (χ0n) is 10.9. The van der Waals surface area contributed by atoms with E-state index >= 15 is 0 Å². The van der Waals surface area contributed by atoms with Crippen LogP contribution in [-0.4, -0.2) is 5.78 Å². The van der Waals surface area contributed by atoms with Gasteiger partial charge >= 0.3 is 0 Å². The van der Waals surface area contributed by atoms with Gasteiger partial charge in [0, 0.05) is 12.0 Å². The highest BCUT2D eigenvalue weighted by Crippen LogP contribution is 2.22. The van der Waals surface area contributed by atoms with Gasteiger partial charge in [-0.1, -0.05) is 45.0 Å². The van der Waals surface area contributed by atoms with Crippen molar-refractivity contribution in [3.05, 3.63) is 35.4 Å². The van der Waals surface area contributed by atoms with Crippen molar-refractivity contribution in [1.29, 1.82) is 10.5 Å². The van der Waals surface area contributed by atoms with Gasteiger partial charge in [-0.15, -0.1) is 0 Å². The Morgan fingerprint density at radius 1 is 1.17 bits per heavy atom. The van der Waals surface area contributed by atoms with Crippen LogP contribution in [0, 0.1) is 28.6 Å². The second-order valence-electron chi connectivity index (χ2n) is 5.27. The smallest absolute Gasteiger partial charge is 0.165 e. The Morgan fingerprint density at radius 2 is 1.67 bits per heavy atom. The van der Waals surface area contributed by atoms with Crippen molar-refractivity contribution in [3.63, 3.8) is 0 Å². The summed E-state index contributed by atoms with van der Waals surface area (Å²) in [6, 6.07) is 11.0. The summed E-state index contributed by atoms with van der Waals surface area (Å²) in [6.45, 7) is 6.31. The molecule has 0 bridgehead atoms. The fraction of sp³-hybridized carbons (Fsp3) is 0.400. The number of hydrogen-bond acceptors (Lipinski definition) is 3. The Hall–Kier alpha value is -2.13. The molecule has 0 saturated carbocycles. The Bertz CT molecular complexity index is 495. The molecule has 0 atom stereocenters. The molecule has 0 N–H and O–H groups in total. The Kier molecular flexibility index (Phi) is 4.23.